The van der Waals surface area contributed by atoms with Crippen molar-refractivity contribution in [3.8, 4) is 6.07 Å². The molecule has 1 aromatic rings. The average molecular weight is 261 g/mol. The summed E-state index contributed by atoms with van der Waals surface area (Å²) in [6, 6.07) is 9.36. The number of rotatable bonds is 2. The van der Waals surface area contributed by atoms with Crippen molar-refractivity contribution >= 4 is 5.69 Å². The Bertz CT molecular complexity index is 469. The molecule has 0 aliphatic carbocycles. The molecule has 2 atom stereocenters. The smallest absolute Gasteiger partial charge is 0.125 e. The fourth-order valence-electron chi connectivity index (χ4n) is 2.82. The molecule has 2 rings (SSSR count). The molecule has 1 aromatic carbocycles. The van der Waals surface area contributed by atoms with E-state index in [1.54, 1.807) is 12.1 Å². The molecule has 0 aromatic heterocycles. The van der Waals surface area contributed by atoms with E-state index in [-0.39, 0.29) is 11.9 Å². The minimum absolute atomic E-state index is 0.120. The summed E-state index contributed by atoms with van der Waals surface area (Å²) >= 11 is 0. The first-order valence-corrected chi connectivity index (χ1v) is 6.71. The van der Waals surface area contributed by atoms with Crippen LogP contribution in [0.2, 0.25) is 0 Å². The van der Waals surface area contributed by atoms with E-state index >= 15 is 0 Å². The predicted octanol–water partition coefficient (Wildman–Crippen LogP) is 2.64. The van der Waals surface area contributed by atoms with Crippen LogP contribution in [-0.4, -0.2) is 37.1 Å². The number of nitriles is 1. The lowest BCUT2D eigenvalue weighted by atomic mass is 10.1. The van der Waals surface area contributed by atoms with Gasteiger partial charge in [-0.05, 0) is 45.1 Å². The summed E-state index contributed by atoms with van der Waals surface area (Å²) in [6.45, 7) is 4.00. The van der Waals surface area contributed by atoms with Gasteiger partial charge in [0.25, 0.3) is 0 Å². The Labute approximate surface area is 114 Å². The lowest BCUT2D eigenvalue weighted by molar-refractivity contribution is 0.331. The SMILES string of the molecule is CC1CCN(C)CC(CC#N)N1c1cccc(F)c1. The van der Waals surface area contributed by atoms with Crippen molar-refractivity contribution < 1.29 is 4.39 Å². The van der Waals surface area contributed by atoms with Crippen LogP contribution in [0.15, 0.2) is 24.3 Å². The van der Waals surface area contributed by atoms with Gasteiger partial charge in [0.1, 0.15) is 5.82 Å². The topological polar surface area (TPSA) is 30.3 Å². The van der Waals surface area contributed by atoms with Crippen molar-refractivity contribution in [3.05, 3.63) is 30.1 Å². The molecule has 19 heavy (non-hydrogen) atoms. The number of anilines is 1. The lowest BCUT2D eigenvalue weighted by Gasteiger charge is -2.36. The largest absolute Gasteiger partial charge is 0.363 e. The van der Waals surface area contributed by atoms with Crippen molar-refractivity contribution in [2.75, 3.05) is 25.0 Å². The molecule has 2 unspecified atom stereocenters. The molecule has 0 bridgehead atoms. The highest BCUT2D eigenvalue weighted by Crippen LogP contribution is 2.26. The Kier molecular flexibility index (Phi) is 4.39. The van der Waals surface area contributed by atoms with E-state index < -0.39 is 0 Å². The number of halogens is 1. The van der Waals surface area contributed by atoms with Crippen molar-refractivity contribution in [3.63, 3.8) is 0 Å². The van der Waals surface area contributed by atoms with Gasteiger partial charge in [-0.25, -0.2) is 4.39 Å². The van der Waals surface area contributed by atoms with Crippen LogP contribution in [0.5, 0.6) is 0 Å². The maximum atomic E-state index is 13.4. The van der Waals surface area contributed by atoms with Gasteiger partial charge in [-0.15, -0.1) is 0 Å². The normalized spacial score (nSPS) is 24.8. The highest BCUT2D eigenvalue weighted by Gasteiger charge is 2.28. The first kappa shape index (κ1) is 13.8. The van der Waals surface area contributed by atoms with Gasteiger partial charge in [0.15, 0.2) is 0 Å². The molecule has 0 radical (unpaired) electrons. The molecule has 1 heterocycles. The molecule has 0 N–H and O–H groups in total. The fraction of sp³-hybridized carbons (Fsp3) is 0.533. The summed E-state index contributed by atoms with van der Waals surface area (Å²) in [7, 11) is 2.08. The predicted molar refractivity (Wildman–Crippen MR) is 74.5 cm³/mol. The summed E-state index contributed by atoms with van der Waals surface area (Å²) in [5.74, 6) is -0.224. The molecule has 0 spiro atoms. The molecule has 3 nitrogen and oxygen atoms in total. The van der Waals surface area contributed by atoms with E-state index in [9.17, 15) is 4.39 Å². The van der Waals surface area contributed by atoms with Gasteiger partial charge in [0.05, 0.1) is 18.5 Å². The monoisotopic (exact) mass is 261 g/mol. The summed E-state index contributed by atoms with van der Waals surface area (Å²) in [6.07, 6.45) is 1.49. The number of benzene rings is 1. The highest BCUT2D eigenvalue weighted by molar-refractivity contribution is 5.49. The Morgan fingerprint density at radius 2 is 2.26 bits per heavy atom. The average Bonchev–Trinajstić information content (AvgIpc) is 2.49. The molecular formula is C15H20FN3. The highest BCUT2D eigenvalue weighted by atomic mass is 19.1. The molecule has 1 saturated heterocycles. The molecule has 0 saturated carbocycles. The zero-order valence-electron chi connectivity index (χ0n) is 11.5. The molecule has 1 aliphatic rings. The second-order valence-corrected chi connectivity index (χ2v) is 5.30. The van der Waals surface area contributed by atoms with E-state index in [1.165, 1.54) is 6.07 Å². The van der Waals surface area contributed by atoms with Crippen LogP contribution < -0.4 is 4.90 Å². The molecule has 102 valence electrons. The summed E-state index contributed by atoms with van der Waals surface area (Å²) in [5, 5.41) is 9.03. The molecule has 1 fully saturated rings. The number of hydrogen-bond acceptors (Lipinski definition) is 3. The summed E-state index contributed by atoms with van der Waals surface area (Å²) in [5.41, 5.74) is 0.878. The van der Waals surface area contributed by atoms with Crippen LogP contribution in [0.3, 0.4) is 0 Å². The van der Waals surface area contributed by atoms with Crippen molar-refractivity contribution in [1.29, 1.82) is 5.26 Å². The van der Waals surface area contributed by atoms with Crippen molar-refractivity contribution in [2.24, 2.45) is 0 Å². The van der Waals surface area contributed by atoms with Crippen LogP contribution in [0, 0.1) is 17.1 Å². The van der Waals surface area contributed by atoms with Crippen LogP contribution >= 0.6 is 0 Å². The number of nitrogens with zero attached hydrogens (tertiary/aromatic N) is 3. The van der Waals surface area contributed by atoms with Crippen molar-refractivity contribution in [1.82, 2.24) is 4.90 Å². The van der Waals surface area contributed by atoms with Gasteiger partial charge in [-0.2, -0.15) is 5.26 Å². The molecule has 4 heteroatoms. The Hall–Kier alpha value is -1.60. The summed E-state index contributed by atoms with van der Waals surface area (Å²) in [4.78, 5) is 4.45. The first-order valence-electron chi connectivity index (χ1n) is 6.71. The lowest BCUT2D eigenvalue weighted by Crippen LogP contribution is -2.44. The third kappa shape index (κ3) is 3.24. The first-order chi connectivity index (χ1) is 9.11. The zero-order valence-corrected chi connectivity index (χ0v) is 11.5. The van der Waals surface area contributed by atoms with Gasteiger partial charge < -0.3 is 9.80 Å². The van der Waals surface area contributed by atoms with Crippen LogP contribution in [-0.2, 0) is 0 Å². The van der Waals surface area contributed by atoms with Gasteiger partial charge in [0, 0.05) is 18.3 Å². The minimum atomic E-state index is -0.224. The van der Waals surface area contributed by atoms with Crippen LogP contribution in [0.25, 0.3) is 0 Å². The Morgan fingerprint density at radius 3 is 2.95 bits per heavy atom. The minimum Gasteiger partial charge on any atom is -0.363 e. The van der Waals surface area contributed by atoms with E-state index in [0.29, 0.717) is 12.5 Å². The molecule has 1 aliphatic heterocycles. The Morgan fingerprint density at radius 1 is 1.47 bits per heavy atom. The van der Waals surface area contributed by atoms with E-state index in [1.807, 2.05) is 6.07 Å². The van der Waals surface area contributed by atoms with Gasteiger partial charge >= 0.3 is 0 Å². The van der Waals surface area contributed by atoms with E-state index in [4.69, 9.17) is 5.26 Å². The second kappa shape index (κ2) is 6.03. The maximum Gasteiger partial charge on any atom is 0.125 e. The zero-order chi connectivity index (χ0) is 13.8. The Balaban J connectivity index is 2.33. The van der Waals surface area contributed by atoms with Gasteiger partial charge in [0.2, 0.25) is 0 Å². The van der Waals surface area contributed by atoms with Crippen LogP contribution in [0.1, 0.15) is 19.8 Å². The maximum absolute atomic E-state index is 13.4. The van der Waals surface area contributed by atoms with Crippen LogP contribution in [0.4, 0.5) is 10.1 Å². The number of likely N-dealkylation sites (N-methyl/N-ethyl adjacent to an activating group) is 1. The van der Waals surface area contributed by atoms with E-state index in [0.717, 1.165) is 25.2 Å². The second-order valence-electron chi connectivity index (χ2n) is 5.30. The van der Waals surface area contributed by atoms with Gasteiger partial charge in [-0.1, -0.05) is 6.07 Å². The summed E-state index contributed by atoms with van der Waals surface area (Å²) < 4.78 is 13.4. The fourth-order valence-corrected chi connectivity index (χ4v) is 2.82. The van der Waals surface area contributed by atoms with Gasteiger partial charge in [-0.3, -0.25) is 0 Å². The third-order valence-electron chi connectivity index (χ3n) is 3.75. The molecular weight excluding hydrogens is 241 g/mol. The van der Waals surface area contributed by atoms with E-state index in [2.05, 4.69) is 29.8 Å². The van der Waals surface area contributed by atoms with Crippen molar-refractivity contribution in [2.45, 2.75) is 31.8 Å². The number of hydrogen-bond donors (Lipinski definition) is 0. The standard InChI is InChI=1S/C15H20FN3/c1-12-7-9-18(2)11-15(6-8-17)19(12)14-5-3-4-13(16)10-14/h3-5,10,12,15H,6-7,9,11H2,1-2H3. The quantitative estimate of drug-likeness (QED) is 0.820. The third-order valence-corrected chi connectivity index (χ3v) is 3.75. The molecule has 0 amide bonds.